The first-order valence-electron chi connectivity index (χ1n) is 7.64. The van der Waals surface area contributed by atoms with Gasteiger partial charge in [-0.25, -0.2) is 4.98 Å². The van der Waals surface area contributed by atoms with E-state index in [-0.39, 0.29) is 0 Å². The highest BCUT2D eigenvalue weighted by Gasteiger charge is 2.15. The van der Waals surface area contributed by atoms with Crippen LogP contribution in [-0.2, 0) is 13.0 Å². The number of hydrogen-bond acceptors (Lipinski definition) is 4. The average molecular weight is 281 g/mol. The molecule has 1 saturated heterocycles. The molecule has 0 aromatic carbocycles. The Hall–Kier alpha value is -0.450. The second kappa shape index (κ2) is 7.98. The van der Waals surface area contributed by atoms with Crippen molar-refractivity contribution >= 4 is 11.3 Å². The number of piperidine rings is 1. The summed E-state index contributed by atoms with van der Waals surface area (Å²) in [6, 6.07) is 0. The molecule has 1 N–H and O–H groups in total. The molecule has 108 valence electrons. The Bertz CT molecular complexity index is 356. The Morgan fingerprint density at radius 2 is 2.21 bits per heavy atom. The summed E-state index contributed by atoms with van der Waals surface area (Å²) in [5, 5.41) is 6.91. The van der Waals surface area contributed by atoms with Gasteiger partial charge in [0, 0.05) is 24.9 Å². The summed E-state index contributed by atoms with van der Waals surface area (Å²) in [5.74, 6) is 0.923. The van der Waals surface area contributed by atoms with E-state index < -0.39 is 0 Å². The number of aromatic nitrogens is 1. The van der Waals surface area contributed by atoms with Gasteiger partial charge in [0.25, 0.3) is 0 Å². The van der Waals surface area contributed by atoms with E-state index in [9.17, 15) is 0 Å². The first-order chi connectivity index (χ1) is 9.28. The third-order valence-electron chi connectivity index (χ3n) is 3.85. The van der Waals surface area contributed by atoms with E-state index in [2.05, 4.69) is 29.4 Å². The Morgan fingerprint density at radius 1 is 1.42 bits per heavy atom. The third-order valence-corrected chi connectivity index (χ3v) is 4.81. The molecular formula is C15H27N3S. The molecule has 1 aliphatic heterocycles. The van der Waals surface area contributed by atoms with Gasteiger partial charge in [-0.05, 0) is 44.8 Å². The van der Waals surface area contributed by atoms with Crippen molar-refractivity contribution in [1.82, 2.24) is 15.2 Å². The topological polar surface area (TPSA) is 28.2 Å². The minimum Gasteiger partial charge on any atom is -0.311 e. The standard InChI is InChI=1S/C15H27N3S/c1-3-7-16-11-14-12-19-15(17-14)6-10-18-8-4-13(2)5-9-18/h12-13,16H,3-11H2,1-2H3. The molecule has 1 aromatic rings. The maximum Gasteiger partial charge on any atom is 0.0941 e. The van der Waals surface area contributed by atoms with Crippen LogP contribution in [0, 0.1) is 5.92 Å². The smallest absolute Gasteiger partial charge is 0.0941 e. The van der Waals surface area contributed by atoms with E-state index in [1.165, 1.54) is 49.6 Å². The quantitative estimate of drug-likeness (QED) is 0.779. The van der Waals surface area contributed by atoms with E-state index in [4.69, 9.17) is 4.98 Å². The first kappa shape index (κ1) is 14.9. The Labute approximate surface area is 121 Å². The van der Waals surface area contributed by atoms with Crippen molar-refractivity contribution in [2.24, 2.45) is 5.92 Å². The lowest BCUT2D eigenvalue weighted by atomic mass is 9.99. The number of rotatable bonds is 7. The zero-order valence-corrected chi connectivity index (χ0v) is 13.1. The van der Waals surface area contributed by atoms with Crippen LogP contribution in [-0.4, -0.2) is 36.1 Å². The van der Waals surface area contributed by atoms with Gasteiger partial charge in [0.2, 0.25) is 0 Å². The third kappa shape index (κ3) is 5.21. The fourth-order valence-corrected chi connectivity index (χ4v) is 3.26. The molecule has 1 aromatic heterocycles. The normalized spacial score (nSPS) is 18.0. The summed E-state index contributed by atoms with van der Waals surface area (Å²) in [6.07, 6.45) is 5.03. The molecule has 0 aliphatic carbocycles. The first-order valence-corrected chi connectivity index (χ1v) is 8.52. The predicted molar refractivity (Wildman–Crippen MR) is 82.7 cm³/mol. The van der Waals surface area contributed by atoms with E-state index in [0.29, 0.717) is 0 Å². The zero-order chi connectivity index (χ0) is 13.5. The van der Waals surface area contributed by atoms with Crippen LogP contribution in [0.1, 0.15) is 43.8 Å². The van der Waals surface area contributed by atoms with Crippen molar-refractivity contribution in [2.75, 3.05) is 26.2 Å². The summed E-state index contributed by atoms with van der Waals surface area (Å²) < 4.78 is 0. The van der Waals surface area contributed by atoms with E-state index in [0.717, 1.165) is 25.4 Å². The van der Waals surface area contributed by atoms with Gasteiger partial charge in [0.1, 0.15) is 0 Å². The lowest BCUT2D eigenvalue weighted by Crippen LogP contribution is -2.34. The van der Waals surface area contributed by atoms with Crippen LogP contribution >= 0.6 is 11.3 Å². The van der Waals surface area contributed by atoms with Gasteiger partial charge < -0.3 is 10.2 Å². The number of thiazole rings is 1. The van der Waals surface area contributed by atoms with Gasteiger partial charge in [-0.15, -0.1) is 11.3 Å². The van der Waals surface area contributed by atoms with E-state index in [1.54, 1.807) is 0 Å². The van der Waals surface area contributed by atoms with Crippen molar-refractivity contribution < 1.29 is 0 Å². The molecule has 3 nitrogen and oxygen atoms in total. The number of nitrogens with zero attached hydrogens (tertiary/aromatic N) is 2. The summed E-state index contributed by atoms with van der Waals surface area (Å²) in [5.41, 5.74) is 1.21. The molecular weight excluding hydrogens is 254 g/mol. The minimum absolute atomic E-state index is 0.922. The van der Waals surface area contributed by atoms with Crippen molar-refractivity contribution in [2.45, 2.75) is 46.1 Å². The zero-order valence-electron chi connectivity index (χ0n) is 12.3. The Kier molecular flexibility index (Phi) is 6.28. The van der Waals surface area contributed by atoms with Gasteiger partial charge >= 0.3 is 0 Å². The minimum atomic E-state index is 0.922. The van der Waals surface area contributed by atoms with Crippen LogP contribution in [0.25, 0.3) is 0 Å². The average Bonchev–Trinajstić information content (AvgIpc) is 2.86. The van der Waals surface area contributed by atoms with Gasteiger partial charge in [0.05, 0.1) is 10.7 Å². The van der Waals surface area contributed by atoms with Crippen molar-refractivity contribution in [3.8, 4) is 0 Å². The highest BCUT2D eigenvalue weighted by Crippen LogP contribution is 2.17. The molecule has 19 heavy (non-hydrogen) atoms. The van der Waals surface area contributed by atoms with Crippen LogP contribution < -0.4 is 5.32 Å². The van der Waals surface area contributed by atoms with Gasteiger partial charge in [-0.1, -0.05) is 13.8 Å². The highest BCUT2D eigenvalue weighted by molar-refractivity contribution is 7.09. The number of nitrogens with one attached hydrogen (secondary N) is 1. The van der Waals surface area contributed by atoms with E-state index >= 15 is 0 Å². The van der Waals surface area contributed by atoms with Crippen molar-refractivity contribution in [1.29, 1.82) is 0 Å². The van der Waals surface area contributed by atoms with Gasteiger partial charge in [-0.3, -0.25) is 0 Å². The fourth-order valence-electron chi connectivity index (χ4n) is 2.48. The molecule has 0 amide bonds. The van der Waals surface area contributed by atoms with Crippen LogP contribution in [0.3, 0.4) is 0 Å². The van der Waals surface area contributed by atoms with E-state index in [1.807, 2.05) is 11.3 Å². The molecule has 0 spiro atoms. The van der Waals surface area contributed by atoms with Gasteiger partial charge in [0.15, 0.2) is 0 Å². The molecule has 0 atom stereocenters. The largest absolute Gasteiger partial charge is 0.311 e. The van der Waals surface area contributed by atoms with Crippen LogP contribution in [0.5, 0.6) is 0 Å². The maximum absolute atomic E-state index is 4.71. The van der Waals surface area contributed by atoms with Crippen LogP contribution in [0.2, 0.25) is 0 Å². The lowest BCUT2D eigenvalue weighted by molar-refractivity contribution is 0.194. The Balaban J connectivity index is 1.68. The maximum atomic E-state index is 4.71. The second-order valence-corrected chi connectivity index (χ2v) is 6.63. The molecule has 4 heteroatoms. The van der Waals surface area contributed by atoms with Gasteiger partial charge in [-0.2, -0.15) is 0 Å². The molecule has 2 rings (SSSR count). The van der Waals surface area contributed by atoms with Crippen molar-refractivity contribution in [3.05, 3.63) is 16.1 Å². The molecule has 1 fully saturated rings. The summed E-state index contributed by atoms with van der Waals surface area (Å²) >= 11 is 1.82. The fraction of sp³-hybridized carbons (Fsp3) is 0.800. The predicted octanol–water partition coefficient (Wildman–Crippen LogP) is 2.92. The Morgan fingerprint density at radius 3 is 2.95 bits per heavy atom. The molecule has 0 radical (unpaired) electrons. The number of likely N-dealkylation sites (tertiary alicyclic amines) is 1. The highest BCUT2D eigenvalue weighted by atomic mass is 32.1. The summed E-state index contributed by atoms with van der Waals surface area (Å²) in [6.45, 7) is 10.3. The van der Waals surface area contributed by atoms with Crippen LogP contribution in [0.15, 0.2) is 5.38 Å². The SMILES string of the molecule is CCCNCc1csc(CCN2CCC(C)CC2)n1. The van der Waals surface area contributed by atoms with Crippen LogP contribution in [0.4, 0.5) is 0 Å². The molecule has 0 unspecified atom stereocenters. The number of hydrogen-bond donors (Lipinski definition) is 1. The monoisotopic (exact) mass is 281 g/mol. The molecule has 2 heterocycles. The second-order valence-electron chi connectivity index (χ2n) is 5.68. The van der Waals surface area contributed by atoms with Crippen molar-refractivity contribution in [3.63, 3.8) is 0 Å². The lowest BCUT2D eigenvalue weighted by Gasteiger charge is -2.29. The molecule has 0 bridgehead atoms. The summed E-state index contributed by atoms with van der Waals surface area (Å²) in [4.78, 5) is 7.30. The molecule has 0 saturated carbocycles. The summed E-state index contributed by atoms with van der Waals surface area (Å²) in [7, 11) is 0. The molecule has 1 aliphatic rings.